The van der Waals surface area contributed by atoms with Gasteiger partial charge >= 0.3 is 0 Å². The van der Waals surface area contributed by atoms with Gasteiger partial charge in [-0.15, -0.1) is 6.58 Å². The Balaban J connectivity index is 3.43. The van der Waals surface area contributed by atoms with Crippen molar-refractivity contribution < 1.29 is 0 Å². The highest BCUT2D eigenvalue weighted by Crippen LogP contribution is 2.19. The molecule has 0 aromatic carbocycles. The highest BCUT2D eigenvalue weighted by Gasteiger charge is 2.05. The van der Waals surface area contributed by atoms with E-state index in [9.17, 15) is 0 Å². The Bertz CT molecular complexity index is 101. The quantitative estimate of drug-likeness (QED) is 0.494. The van der Waals surface area contributed by atoms with Crippen molar-refractivity contribution in [3.05, 3.63) is 12.7 Å². The van der Waals surface area contributed by atoms with Gasteiger partial charge in [0.1, 0.15) is 0 Å². The minimum atomic E-state index is 0.836. The predicted molar refractivity (Wildman–Crippen MR) is 57.3 cm³/mol. The Labute approximate surface area is 78.1 Å². The molecule has 0 spiro atoms. The zero-order chi connectivity index (χ0) is 9.40. The number of allylic oxidation sites excluding steroid dienone is 1. The molecule has 0 aliphatic heterocycles. The largest absolute Gasteiger partial charge is 0.103 e. The van der Waals surface area contributed by atoms with Gasteiger partial charge in [-0.05, 0) is 18.3 Å². The van der Waals surface area contributed by atoms with E-state index in [1.165, 1.54) is 32.1 Å². The Morgan fingerprint density at radius 1 is 1.17 bits per heavy atom. The van der Waals surface area contributed by atoms with E-state index in [4.69, 9.17) is 0 Å². The predicted octanol–water partition coefficient (Wildman–Crippen LogP) is 4.42. The summed E-state index contributed by atoms with van der Waals surface area (Å²) in [6.07, 6.45) is 8.69. The zero-order valence-electron chi connectivity index (χ0n) is 8.97. The minimum absolute atomic E-state index is 0.836. The molecular formula is C12H24. The fourth-order valence-electron chi connectivity index (χ4n) is 1.62. The monoisotopic (exact) mass is 168 g/mol. The lowest BCUT2D eigenvalue weighted by Crippen LogP contribution is -2.01. The van der Waals surface area contributed by atoms with E-state index in [1.54, 1.807) is 0 Å². The van der Waals surface area contributed by atoms with Crippen LogP contribution in [0.2, 0.25) is 0 Å². The number of hydrogen-bond acceptors (Lipinski definition) is 0. The molecule has 0 fully saturated rings. The van der Waals surface area contributed by atoms with Crippen LogP contribution in [0.4, 0.5) is 0 Å². The third kappa shape index (κ3) is 5.40. The van der Waals surface area contributed by atoms with Gasteiger partial charge in [-0.1, -0.05) is 52.5 Å². The highest BCUT2D eigenvalue weighted by molar-refractivity contribution is 4.71. The average Bonchev–Trinajstić information content (AvgIpc) is 2.07. The van der Waals surface area contributed by atoms with Crippen molar-refractivity contribution >= 4 is 0 Å². The first-order valence-electron chi connectivity index (χ1n) is 5.35. The van der Waals surface area contributed by atoms with Crippen molar-refractivity contribution in [2.24, 2.45) is 11.8 Å². The molecule has 1 unspecified atom stereocenters. The van der Waals surface area contributed by atoms with E-state index >= 15 is 0 Å². The van der Waals surface area contributed by atoms with Crippen LogP contribution in [0.25, 0.3) is 0 Å². The summed E-state index contributed by atoms with van der Waals surface area (Å²) in [5.41, 5.74) is 0. The molecule has 12 heavy (non-hydrogen) atoms. The SMILES string of the molecule is C=CCC(C)CCC(CC)CC. The van der Waals surface area contributed by atoms with Crippen molar-refractivity contribution in [1.82, 2.24) is 0 Å². The van der Waals surface area contributed by atoms with Crippen LogP contribution >= 0.6 is 0 Å². The van der Waals surface area contributed by atoms with Crippen LogP contribution in [0.3, 0.4) is 0 Å². The van der Waals surface area contributed by atoms with Crippen molar-refractivity contribution in [3.8, 4) is 0 Å². The summed E-state index contributed by atoms with van der Waals surface area (Å²) in [5, 5.41) is 0. The minimum Gasteiger partial charge on any atom is -0.103 e. The average molecular weight is 168 g/mol. The van der Waals surface area contributed by atoms with E-state index in [2.05, 4.69) is 27.4 Å². The van der Waals surface area contributed by atoms with Gasteiger partial charge in [0.25, 0.3) is 0 Å². The normalized spacial score (nSPS) is 13.3. The van der Waals surface area contributed by atoms with E-state index < -0.39 is 0 Å². The van der Waals surface area contributed by atoms with Gasteiger partial charge in [0.05, 0.1) is 0 Å². The van der Waals surface area contributed by atoms with E-state index in [0.29, 0.717) is 0 Å². The lowest BCUT2D eigenvalue weighted by molar-refractivity contribution is 0.392. The van der Waals surface area contributed by atoms with Gasteiger partial charge in [0, 0.05) is 0 Å². The smallest absolute Gasteiger partial charge is 0.0328 e. The van der Waals surface area contributed by atoms with Gasteiger partial charge in [-0.3, -0.25) is 0 Å². The molecule has 0 heterocycles. The van der Waals surface area contributed by atoms with Crippen LogP contribution in [0.1, 0.15) is 52.9 Å². The first-order chi connectivity index (χ1) is 5.74. The molecule has 0 heteroatoms. The lowest BCUT2D eigenvalue weighted by Gasteiger charge is -2.14. The second-order valence-corrected chi connectivity index (χ2v) is 3.89. The molecule has 0 saturated carbocycles. The summed E-state index contributed by atoms with van der Waals surface area (Å²) in [6.45, 7) is 10.7. The second kappa shape index (κ2) is 7.39. The van der Waals surface area contributed by atoms with Gasteiger partial charge in [0.15, 0.2) is 0 Å². The van der Waals surface area contributed by atoms with Gasteiger partial charge < -0.3 is 0 Å². The summed E-state index contributed by atoms with van der Waals surface area (Å²) in [6, 6.07) is 0. The molecule has 1 atom stereocenters. The maximum Gasteiger partial charge on any atom is -0.0328 e. The van der Waals surface area contributed by atoms with Gasteiger partial charge in [-0.25, -0.2) is 0 Å². The zero-order valence-corrected chi connectivity index (χ0v) is 8.97. The van der Waals surface area contributed by atoms with Crippen LogP contribution < -0.4 is 0 Å². The second-order valence-electron chi connectivity index (χ2n) is 3.89. The van der Waals surface area contributed by atoms with Crippen LogP contribution in [0, 0.1) is 11.8 Å². The molecule has 0 aliphatic carbocycles. The Hall–Kier alpha value is -0.260. The van der Waals surface area contributed by atoms with Gasteiger partial charge in [-0.2, -0.15) is 0 Å². The first kappa shape index (κ1) is 11.7. The van der Waals surface area contributed by atoms with Crippen molar-refractivity contribution in [1.29, 1.82) is 0 Å². The summed E-state index contributed by atoms with van der Waals surface area (Å²) < 4.78 is 0. The molecule has 72 valence electrons. The maximum atomic E-state index is 3.77. The molecular weight excluding hydrogens is 144 g/mol. The molecule has 0 saturated heterocycles. The third-order valence-corrected chi connectivity index (χ3v) is 2.79. The summed E-state index contributed by atoms with van der Waals surface area (Å²) >= 11 is 0. The molecule has 0 amide bonds. The standard InChI is InChI=1S/C12H24/c1-5-8-11(4)9-10-12(6-2)7-3/h5,11-12H,1,6-10H2,2-4H3. The number of rotatable bonds is 7. The highest BCUT2D eigenvalue weighted by atomic mass is 14.1. The summed E-state index contributed by atoms with van der Waals surface area (Å²) in [5.74, 6) is 1.79. The molecule has 0 aromatic rings. The lowest BCUT2D eigenvalue weighted by atomic mass is 9.92. The summed E-state index contributed by atoms with van der Waals surface area (Å²) in [7, 11) is 0. The first-order valence-corrected chi connectivity index (χ1v) is 5.35. The third-order valence-electron chi connectivity index (χ3n) is 2.79. The van der Waals surface area contributed by atoms with E-state index in [0.717, 1.165) is 11.8 Å². The van der Waals surface area contributed by atoms with E-state index in [-0.39, 0.29) is 0 Å². The Kier molecular flexibility index (Phi) is 7.23. The van der Waals surface area contributed by atoms with Crippen LogP contribution in [0.5, 0.6) is 0 Å². The molecule has 0 aliphatic rings. The molecule has 0 radical (unpaired) electrons. The van der Waals surface area contributed by atoms with Crippen molar-refractivity contribution in [2.75, 3.05) is 0 Å². The fourth-order valence-corrected chi connectivity index (χ4v) is 1.62. The molecule has 0 bridgehead atoms. The molecule has 0 N–H and O–H groups in total. The fraction of sp³-hybridized carbons (Fsp3) is 0.833. The van der Waals surface area contributed by atoms with Gasteiger partial charge in [0.2, 0.25) is 0 Å². The van der Waals surface area contributed by atoms with Crippen molar-refractivity contribution in [3.63, 3.8) is 0 Å². The molecule has 0 nitrogen and oxygen atoms in total. The topological polar surface area (TPSA) is 0 Å². The Morgan fingerprint density at radius 3 is 2.17 bits per heavy atom. The molecule has 0 rings (SSSR count). The van der Waals surface area contributed by atoms with Crippen molar-refractivity contribution in [2.45, 2.75) is 52.9 Å². The number of hydrogen-bond donors (Lipinski definition) is 0. The van der Waals surface area contributed by atoms with E-state index in [1.807, 2.05) is 6.08 Å². The maximum absolute atomic E-state index is 3.77. The van der Waals surface area contributed by atoms with Crippen LogP contribution in [-0.2, 0) is 0 Å². The molecule has 0 aromatic heterocycles. The van der Waals surface area contributed by atoms with Crippen LogP contribution in [-0.4, -0.2) is 0 Å². The van der Waals surface area contributed by atoms with Crippen LogP contribution in [0.15, 0.2) is 12.7 Å². The summed E-state index contributed by atoms with van der Waals surface area (Å²) in [4.78, 5) is 0. The Morgan fingerprint density at radius 2 is 1.75 bits per heavy atom.